The van der Waals surface area contributed by atoms with E-state index in [1.807, 2.05) is 19.1 Å². The van der Waals surface area contributed by atoms with Gasteiger partial charge in [-0.3, -0.25) is 9.59 Å². The number of benzene rings is 2. The van der Waals surface area contributed by atoms with Crippen LogP contribution in [0.3, 0.4) is 0 Å². The molecular formula is C19H16FNO3S. The van der Waals surface area contributed by atoms with E-state index in [9.17, 15) is 14.0 Å². The Bertz CT molecular complexity index is 844. The summed E-state index contributed by atoms with van der Waals surface area (Å²) in [5, 5.41) is 9.09. The number of halogens is 1. The van der Waals surface area contributed by atoms with E-state index in [0.717, 1.165) is 22.2 Å². The number of carbonyl (C=O) groups excluding carboxylic acids is 2. The first kappa shape index (κ1) is 17.4. The van der Waals surface area contributed by atoms with E-state index in [4.69, 9.17) is 5.11 Å². The molecule has 0 atom stereocenters. The number of aryl methyl sites for hydroxylation is 1. The topological polar surface area (TPSA) is 57.6 Å². The van der Waals surface area contributed by atoms with E-state index in [1.54, 1.807) is 12.1 Å². The molecule has 25 heavy (non-hydrogen) atoms. The minimum atomic E-state index is -0.453. The number of hydrogen-bond donors (Lipinski definition) is 1. The minimum absolute atomic E-state index is 0.104. The van der Waals surface area contributed by atoms with Gasteiger partial charge in [-0.15, -0.1) is 11.8 Å². The van der Waals surface area contributed by atoms with Gasteiger partial charge in [0, 0.05) is 5.75 Å². The Labute approximate surface area is 149 Å². The second kappa shape index (κ2) is 7.21. The van der Waals surface area contributed by atoms with Crippen molar-refractivity contribution in [2.45, 2.75) is 6.92 Å². The lowest BCUT2D eigenvalue weighted by atomic mass is 10.0. The lowest BCUT2D eigenvalue weighted by Crippen LogP contribution is -2.31. The number of nitrogens with zero attached hydrogens (tertiary/aromatic N) is 1. The maximum Gasteiger partial charge on any atom is 0.272 e. The number of imide groups is 1. The predicted molar refractivity (Wildman–Crippen MR) is 96.5 cm³/mol. The molecule has 1 aliphatic rings. The number of hydrogen-bond acceptors (Lipinski definition) is 4. The van der Waals surface area contributed by atoms with E-state index in [0.29, 0.717) is 27.5 Å². The van der Waals surface area contributed by atoms with Crippen molar-refractivity contribution in [2.24, 2.45) is 0 Å². The van der Waals surface area contributed by atoms with Crippen LogP contribution >= 0.6 is 11.8 Å². The highest BCUT2D eigenvalue weighted by atomic mass is 32.2. The normalized spacial score (nSPS) is 14.6. The Morgan fingerprint density at radius 3 is 2.24 bits per heavy atom. The van der Waals surface area contributed by atoms with Crippen molar-refractivity contribution in [3.05, 3.63) is 70.4 Å². The van der Waals surface area contributed by atoms with Crippen LogP contribution in [0.25, 0.3) is 5.57 Å². The summed E-state index contributed by atoms with van der Waals surface area (Å²) in [6.07, 6.45) is 0. The van der Waals surface area contributed by atoms with Gasteiger partial charge in [-0.25, -0.2) is 9.29 Å². The fraction of sp³-hybridized carbons (Fsp3) is 0.158. The molecule has 0 bridgehead atoms. The summed E-state index contributed by atoms with van der Waals surface area (Å²) in [5.41, 5.74) is 2.32. The van der Waals surface area contributed by atoms with Crippen molar-refractivity contribution in [3.63, 3.8) is 0 Å². The van der Waals surface area contributed by atoms with Crippen molar-refractivity contribution in [3.8, 4) is 0 Å². The van der Waals surface area contributed by atoms with Gasteiger partial charge < -0.3 is 5.11 Å². The Kier molecular flexibility index (Phi) is 5.01. The fourth-order valence-corrected chi connectivity index (χ4v) is 3.45. The summed E-state index contributed by atoms with van der Waals surface area (Å²) < 4.78 is 13.2. The third-order valence-electron chi connectivity index (χ3n) is 3.80. The average molecular weight is 357 g/mol. The van der Waals surface area contributed by atoms with Crippen molar-refractivity contribution < 1.29 is 19.1 Å². The van der Waals surface area contributed by atoms with Crippen LogP contribution in [0, 0.1) is 12.7 Å². The fourth-order valence-electron chi connectivity index (χ4n) is 2.59. The summed E-state index contributed by atoms with van der Waals surface area (Å²) in [4.78, 5) is 27.1. The molecule has 0 radical (unpaired) electrons. The lowest BCUT2D eigenvalue weighted by molar-refractivity contribution is -0.119. The molecule has 0 aromatic heterocycles. The van der Waals surface area contributed by atoms with Crippen LogP contribution in [0.1, 0.15) is 11.1 Å². The van der Waals surface area contributed by atoms with Crippen molar-refractivity contribution in [2.75, 3.05) is 17.3 Å². The van der Waals surface area contributed by atoms with Gasteiger partial charge in [-0.05, 0) is 36.8 Å². The molecule has 6 heteroatoms. The third kappa shape index (κ3) is 3.36. The van der Waals surface area contributed by atoms with Gasteiger partial charge in [0.15, 0.2) is 0 Å². The van der Waals surface area contributed by atoms with Crippen molar-refractivity contribution >= 4 is 34.8 Å². The molecule has 0 fully saturated rings. The number of amides is 2. The van der Waals surface area contributed by atoms with Gasteiger partial charge in [0.05, 0.1) is 22.8 Å². The van der Waals surface area contributed by atoms with Gasteiger partial charge >= 0.3 is 0 Å². The average Bonchev–Trinajstić information content (AvgIpc) is 2.85. The van der Waals surface area contributed by atoms with E-state index in [1.165, 1.54) is 24.3 Å². The van der Waals surface area contributed by atoms with Crippen LogP contribution in [0.4, 0.5) is 10.1 Å². The Balaban J connectivity index is 2.05. The zero-order valence-electron chi connectivity index (χ0n) is 13.5. The van der Waals surface area contributed by atoms with Crippen LogP contribution in [-0.2, 0) is 9.59 Å². The molecule has 3 rings (SSSR count). The first-order chi connectivity index (χ1) is 12.0. The molecule has 1 aliphatic heterocycles. The Morgan fingerprint density at radius 1 is 1.00 bits per heavy atom. The minimum Gasteiger partial charge on any atom is -0.396 e. The number of thioether (sulfide) groups is 1. The summed E-state index contributed by atoms with van der Waals surface area (Å²) in [6.45, 7) is 1.83. The number of aliphatic hydroxyl groups is 1. The first-order valence-electron chi connectivity index (χ1n) is 7.72. The predicted octanol–water partition coefficient (Wildman–Crippen LogP) is 3.14. The maximum absolute atomic E-state index is 13.2. The quantitative estimate of drug-likeness (QED) is 0.836. The number of carbonyl (C=O) groups is 2. The van der Waals surface area contributed by atoms with E-state index in [-0.39, 0.29) is 6.61 Å². The van der Waals surface area contributed by atoms with Gasteiger partial charge in [-0.1, -0.05) is 29.8 Å². The monoisotopic (exact) mass is 357 g/mol. The molecule has 0 unspecified atom stereocenters. The molecule has 0 saturated heterocycles. The van der Waals surface area contributed by atoms with Crippen LogP contribution in [-0.4, -0.2) is 29.3 Å². The Morgan fingerprint density at radius 2 is 1.64 bits per heavy atom. The van der Waals surface area contributed by atoms with Gasteiger partial charge in [0.1, 0.15) is 5.82 Å². The summed E-state index contributed by atoms with van der Waals surface area (Å²) in [6, 6.07) is 12.5. The molecular weight excluding hydrogens is 341 g/mol. The highest BCUT2D eigenvalue weighted by Gasteiger charge is 2.40. The third-order valence-corrected chi connectivity index (χ3v) is 4.86. The molecule has 1 N–H and O–H groups in total. The second-order valence-electron chi connectivity index (χ2n) is 5.56. The highest BCUT2D eigenvalue weighted by Crippen LogP contribution is 2.38. The largest absolute Gasteiger partial charge is 0.396 e. The standard InChI is InChI=1S/C19H16FNO3S/c1-12-2-4-13(5-3-12)16-17(25-11-10-22)19(24)21(18(16)23)15-8-6-14(20)7-9-15/h2-9,22H,10-11H2,1H3. The second-order valence-corrected chi connectivity index (χ2v) is 6.67. The highest BCUT2D eigenvalue weighted by molar-refractivity contribution is 8.04. The van der Waals surface area contributed by atoms with Crippen LogP contribution in [0.2, 0.25) is 0 Å². The molecule has 128 valence electrons. The number of rotatable bonds is 5. The molecule has 2 aromatic carbocycles. The molecule has 1 heterocycles. The first-order valence-corrected chi connectivity index (χ1v) is 8.71. The lowest BCUT2D eigenvalue weighted by Gasteiger charge is -2.15. The molecule has 2 aromatic rings. The van der Waals surface area contributed by atoms with Gasteiger partial charge in [-0.2, -0.15) is 0 Å². The number of anilines is 1. The summed E-state index contributed by atoms with van der Waals surface area (Å²) in [7, 11) is 0. The summed E-state index contributed by atoms with van der Waals surface area (Å²) >= 11 is 1.15. The van der Waals surface area contributed by atoms with E-state index < -0.39 is 17.6 Å². The smallest absolute Gasteiger partial charge is 0.272 e. The van der Waals surface area contributed by atoms with Crippen LogP contribution in [0.5, 0.6) is 0 Å². The SMILES string of the molecule is Cc1ccc(C2=C(SCCO)C(=O)N(c3ccc(F)cc3)C2=O)cc1. The molecule has 0 saturated carbocycles. The summed E-state index contributed by atoms with van der Waals surface area (Å²) in [5.74, 6) is -1.03. The number of aliphatic hydroxyl groups excluding tert-OH is 1. The molecule has 0 spiro atoms. The zero-order chi connectivity index (χ0) is 18.0. The van der Waals surface area contributed by atoms with Gasteiger partial charge in [0.2, 0.25) is 0 Å². The van der Waals surface area contributed by atoms with Crippen LogP contribution < -0.4 is 4.90 Å². The van der Waals surface area contributed by atoms with E-state index in [2.05, 4.69) is 0 Å². The molecule has 0 aliphatic carbocycles. The van der Waals surface area contributed by atoms with E-state index >= 15 is 0 Å². The van der Waals surface area contributed by atoms with Gasteiger partial charge in [0.25, 0.3) is 11.8 Å². The van der Waals surface area contributed by atoms with Crippen molar-refractivity contribution in [1.82, 2.24) is 0 Å². The molecule has 2 amide bonds. The Hall–Kier alpha value is -2.44. The molecule has 4 nitrogen and oxygen atoms in total. The zero-order valence-corrected chi connectivity index (χ0v) is 14.3. The maximum atomic E-state index is 13.2. The van der Waals surface area contributed by atoms with Crippen molar-refractivity contribution in [1.29, 1.82) is 0 Å². The van der Waals surface area contributed by atoms with Crippen LogP contribution in [0.15, 0.2) is 53.4 Å².